The van der Waals surface area contributed by atoms with Gasteiger partial charge in [0, 0.05) is 18.7 Å². The fourth-order valence-electron chi connectivity index (χ4n) is 2.44. The van der Waals surface area contributed by atoms with Crippen molar-refractivity contribution >= 4 is 16.9 Å². The van der Waals surface area contributed by atoms with Crippen molar-refractivity contribution in [1.82, 2.24) is 20.3 Å². The van der Waals surface area contributed by atoms with Crippen LogP contribution >= 0.6 is 0 Å². The average Bonchev–Trinajstić information content (AvgIpc) is 2.89. The largest absolute Gasteiger partial charge is 0.352 e. The van der Waals surface area contributed by atoms with Gasteiger partial charge >= 0.3 is 0 Å². The van der Waals surface area contributed by atoms with Gasteiger partial charge < -0.3 is 10.3 Å². The number of fused-ring (bicyclic) bond motifs is 1. The van der Waals surface area contributed by atoms with Gasteiger partial charge in [-0.05, 0) is 38.1 Å². The number of amides is 1. The SMILES string of the molecule is Cc1ccc(C(=O)NCCc2nc3ccccc3[nH]2)c(C)n1. The van der Waals surface area contributed by atoms with E-state index in [1.165, 1.54) is 0 Å². The van der Waals surface area contributed by atoms with E-state index in [-0.39, 0.29) is 5.91 Å². The number of hydrogen-bond acceptors (Lipinski definition) is 3. The lowest BCUT2D eigenvalue weighted by Gasteiger charge is -2.07. The highest BCUT2D eigenvalue weighted by Gasteiger charge is 2.10. The summed E-state index contributed by atoms with van der Waals surface area (Å²) in [6, 6.07) is 11.6. The third-order valence-electron chi connectivity index (χ3n) is 3.56. The van der Waals surface area contributed by atoms with Crippen LogP contribution in [0.3, 0.4) is 0 Å². The highest BCUT2D eigenvalue weighted by molar-refractivity contribution is 5.95. The van der Waals surface area contributed by atoms with E-state index in [9.17, 15) is 4.79 Å². The summed E-state index contributed by atoms with van der Waals surface area (Å²) in [5, 5.41) is 2.91. The number of pyridine rings is 1. The van der Waals surface area contributed by atoms with E-state index in [2.05, 4.69) is 20.3 Å². The van der Waals surface area contributed by atoms with Crippen molar-refractivity contribution in [2.75, 3.05) is 6.54 Å². The quantitative estimate of drug-likeness (QED) is 0.777. The van der Waals surface area contributed by atoms with Crippen LogP contribution in [0, 0.1) is 13.8 Å². The molecule has 3 rings (SSSR count). The third kappa shape index (κ3) is 2.98. The number of benzene rings is 1. The van der Waals surface area contributed by atoms with E-state index in [1.807, 2.05) is 50.2 Å². The van der Waals surface area contributed by atoms with Crippen LogP contribution in [-0.2, 0) is 6.42 Å². The first kappa shape index (κ1) is 14.3. The van der Waals surface area contributed by atoms with Gasteiger partial charge in [0.15, 0.2) is 0 Å². The minimum atomic E-state index is -0.0962. The van der Waals surface area contributed by atoms with Crippen LogP contribution in [0.25, 0.3) is 11.0 Å². The van der Waals surface area contributed by atoms with Crippen LogP contribution in [0.5, 0.6) is 0 Å². The minimum Gasteiger partial charge on any atom is -0.352 e. The lowest BCUT2D eigenvalue weighted by atomic mass is 10.1. The van der Waals surface area contributed by atoms with E-state index in [0.717, 1.165) is 28.2 Å². The molecular weight excluding hydrogens is 276 g/mol. The van der Waals surface area contributed by atoms with Crippen molar-refractivity contribution in [3.63, 3.8) is 0 Å². The molecule has 1 aromatic carbocycles. The zero-order chi connectivity index (χ0) is 15.5. The van der Waals surface area contributed by atoms with Gasteiger partial charge in [-0.25, -0.2) is 4.98 Å². The molecule has 5 heteroatoms. The summed E-state index contributed by atoms with van der Waals surface area (Å²) in [4.78, 5) is 24.2. The molecule has 0 spiro atoms. The van der Waals surface area contributed by atoms with E-state index in [0.29, 0.717) is 18.5 Å². The smallest absolute Gasteiger partial charge is 0.253 e. The van der Waals surface area contributed by atoms with Crippen LogP contribution in [-0.4, -0.2) is 27.4 Å². The number of aromatic amines is 1. The Labute approximate surface area is 128 Å². The van der Waals surface area contributed by atoms with Gasteiger partial charge in [-0.15, -0.1) is 0 Å². The number of aromatic nitrogens is 3. The molecule has 0 bridgehead atoms. The Morgan fingerprint density at radius 3 is 2.73 bits per heavy atom. The Bertz CT molecular complexity index is 789. The van der Waals surface area contributed by atoms with Crippen molar-refractivity contribution in [1.29, 1.82) is 0 Å². The monoisotopic (exact) mass is 294 g/mol. The minimum absolute atomic E-state index is 0.0962. The molecule has 0 saturated heterocycles. The molecule has 3 aromatic rings. The van der Waals surface area contributed by atoms with Crippen LogP contribution in [0.4, 0.5) is 0 Å². The highest BCUT2D eigenvalue weighted by Crippen LogP contribution is 2.10. The topological polar surface area (TPSA) is 70.7 Å². The average molecular weight is 294 g/mol. The first-order valence-electron chi connectivity index (χ1n) is 7.29. The molecule has 5 nitrogen and oxygen atoms in total. The van der Waals surface area contributed by atoms with Gasteiger partial charge in [0.1, 0.15) is 5.82 Å². The van der Waals surface area contributed by atoms with Crippen molar-refractivity contribution in [3.05, 3.63) is 59.2 Å². The second-order valence-electron chi connectivity index (χ2n) is 5.29. The van der Waals surface area contributed by atoms with Crippen molar-refractivity contribution < 1.29 is 4.79 Å². The Morgan fingerprint density at radius 1 is 1.14 bits per heavy atom. The number of carbonyl (C=O) groups is 1. The molecule has 22 heavy (non-hydrogen) atoms. The fourth-order valence-corrected chi connectivity index (χ4v) is 2.44. The molecule has 0 fully saturated rings. The first-order chi connectivity index (χ1) is 10.6. The summed E-state index contributed by atoms with van der Waals surface area (Å²) < 4.78 is 0. The fraction of sp³-hybridized carbons (Fsp3) is 0.235. The van der Waals surface area contributed by atoms with E-state index >= 15 is 0 Å². The molecule has 0 aliphatic carbocycles. The third-order valence-corrected chi connectivity index (χ3v) is 3.56. The predicted molar refractivity (Wildman–Crippen MR) is 85.8 cm³/mol. The van der Waals surface area contributed by atoms with Crippen LogP contribution in [0.15, 0.2) is 36.4 Å². The van der Waals surface area contributed by atoms with Crippen molar-refractivity contribution in [2.45, 2.75) is 20.3 Å². The Morgan fingerprint density at radius 2 is 1.95 bits per heavy atom. The summed E-state index contributed by atoms with van der Waals surface area (Å²) in [6.07, 6.45) is 0.665. The molecule has 0 aliphatic rings. The Balaban J connectivity index is 1.61. The number of carbonyl (C=O) groups excluding carboxylic acids is 1. The van der Waals surface area contributed by atoms with Gasteiger partial charge in [-0.3, -0.25) is 9.78 Å². The number of H-pyrrole nitrogens is 1. The normalized spacial score (nSPS) is 10.8. The maximum atomic E-state index is 12.2. The molecular formula is C17H18N4O. The standard InChI is InChI=1S/C17H18N4O/c1-11-7-8-13(12(2)19-11)17(22)18-10-9-16-20-14-5-3-4-6-15(14)21-16/h3-8H,9-10H2,1-2H3,(H,18,22)(H,20,21). The lowest BCUT2D eigenvalue weighted by Crippen LogP contribution is -2.26. The van der Waals surface area contributed by atoms with Gasteiger partial charge in [-0.1, -0.05) is 12.1 Å². The van der Waals surface area contributed by atoms with Crippen LogP contribution < -0.4 is 5.32 Å². The second-order valence-corrected chi connectivity index (χ2v) is 5.29. The number of aryl methyl sites for hydroxylation is 2. The molecule has 112 valence electrons. The lowest BCUT2D eigenvalue weighted by molar-refractivity contribution is 0.0953. The summed E-state index contributed by atoms with van der Waals surface area (Å²) in [5.41, 5.74) is 4.25. The summed E-state index contributed by atoms with van der Waals surface area (Å²) >= 11 is 0. The van der Waals surface area contributed by atoms with E-state index in [1.54, 1.807) is 0 Å². The number of para-hydroxylation sites is 2. The molecule has 2 heterocycles. The molecule has 0 saturated carbocycles. The summed E-state index contributed by atoms with van der Waals surface area (Å²) in [7, 11) is 0. The maximum Gasteiger partial charge on any atom is 0.253 e. The zero-order valence-electron chi connectivity index (χ0n) is 12.7. The molecule has 0 radical (unpaired) electrons. The number of imidazole rings is 1. The molecule has 0 unspecified atom stereocenters. The van der Waals surface area contributed by atoms with Gasteiger partial charge in [-0.2, -0.15) is 0 Å². The number of nitrogens with one attached hydrogen (secondary N) is 2. The molecule has 2 aromatic heterocycles. The van der Waals surface area contributed by atoms with Crippen LogP contribution in [0.2, 0.25) is 0 Å². The number of rotatable bonds is 4. The van der Waals surface area contributed by atoms with Crippen molar-refractivity contribution in [3.8, 4) is 0 Å². The van der Waals surface area contributed by atoms with Gasteiger partial charge in [0.05, 0.1) is 22.3 Å². The summed E-state index contributed by atoms with van der Waals surface area (Å²) in [5.74, 6) is 0.779. The number of nitrogens with zero attached hydrogens (tertiary/aromatic N) is 2. The van der Waals surface area contributed by atoms with Gasteiger partial charge in [0.2, 0.25) is 0 Å². The van der Waals surface area contributed by atoms with E-state index in [4.69, 9.17) is 0 Å². The van der Waals surface area contributed by atoms with Gasteiger partial charge in [0.25, 0.3) is 5.91 Å². The molecule has 1 amide bonds. The van der Waals surface area contributed by atoms with E-state index < -0.39 is 0 Å². The predicted octanol–water partition coefficient (Wildman–Crippen LogP) is 2.55. The highest BCUT2D eigenvalue weighted by atomic mass is 16.1. The van der Waals surface area contributed by atoms with Crippen LogP contribution in [0.1, 0.15) is 27.6 Å². The zero-order valence-corrected chi connectivity index (χ0v) is 12.7. The number of hydrogen-bond donors (Lipinski definition) is 2. The second kappa shape index (κ2) is 5.97. The summed E-state index contributed by atoms with van der Waals surface area (Å²) in [6.45, 7) is 4.30. The first-order valence-corrected chi connectivity index (χ1v) is 7.29. The Hall–Kier alpha value is -2.69. The maximum absolute atomic E-state index is 12.2. The van der Waals surface area contributed by atoms with Crippen molar-refractivity contribution in [2.24, 2.45) is 0 Å². The molecule has 0 atom stereocenters. The molecule has 2 N–H and O–H groups in total. The molecule has 0 aliphatic heterocycles. The Kier molecular flexibility index (Phi) is 3.87.